The maximum atomic E-state index is 11.9. The van der Waals surface area contributed by atoms with Crippen LogP contribution in [0.2, 0.25) is 0 Å². The highest BCUT2D eigenvalue weighted by molar-refractivity contribution is 6.12. The summed E-state index contributed by atoms with van der Waals surface area (Å²) in [4.78, 5) is 35.1. The molecular formula is C16H16N2O5. The second-order valence-electron chi connectivity index (χ2n) is 4.81. The van der Waals surface area contributed by atoms with Crippen molar-refractivity contribution >= 4 is 23.5 Å². The number of Topliss-reactive ketones (excluding diaryl/α,β-unsaturated/α-hetero) is 1. The molecule has 2 rings (SSSR count). The molecule has 120 valence electrons. The summed E-state index contributed by atoms with van der Waals surface area (Å²) >= 11 is 0. The summed E-state index contributed by atoms with van der Waals surface area (Å²) in [6, 6.07) is 8.77. The van der Waals surface area contributed by atoms with Crippen LogP contribution in [0, 0.1) is 6.92 Å². The van der Waals surface area contributed by atoms with Gasteiger partial charge in [0.25, 0.3) is 11.8 Å². The number of hydrogen-bond donors (Lipinski definition) is 2. The lowest BCUT2D eigenvalue weighted by atomic mass is 10.1. The molecule has 1 aromatic heterocycles. The first-order chi connectivity index (χ1) is 10.9. The molecule has 0 unspecified atom stereocenters. The van der Waals surface area contributed by atoms with Crippen LogP contribution in [-0.4, -0.2) is 24.2 Å². The summed E-state index contributed by atoms with van der Waals surface area (Å²) in [7, 11) is 0. The van der Waals surface area contributed by atoms with E-state index in [1.165, 1.54) is 13.8 Å². The molecule has 1 aromatic carbocycles. The second kappa shape index (κ2) is 6.78. The van der Waals surface area contributed by atoms with Crippen LogP contribution in [-0.2, 0) is 4.79 Å². The molecule has 23 heavy (non-hydrogen) atoms. The zero-order valence-corrected chi connectivity index (χ0v) is 12.7. The number of furan rings is 1. The lowest BCUT2D eigenvalue weighted by molar-refractivity contribution is -0.118. The number of amides is 2. The van der Waals surface area contributed by atoms with E-state index in [0.29, 0.717) is 5.75 Å². The van der Waals surface area contributed by atoms with E-state index in [2.05, 4.69) is 5.32 Å². The summed E-state index contributed by atoms with van der Waals surface area (Å²) in [6.07, 6.45) is 0. The average Bonchev–Trinajstić information content (AvgIpc) is 2.82. The molecule has 0 aliphatic rings. The Balaban J connectivity index is 2.13. The Kier molecular flexibility index (Phi) is 4.80. The Morgan fingerprint density at radius 2 is 1.83 bits per heavy atom. The van der Waals surface area contributed by atoms with Crippen LogP contribution in [0.3, 0.4) is 0 Å². The molecule has 0 saturated heterocycles. The van der Waals surface area contributed by atoms with Crippen molar-refractivity contribution in [2.45, 2.75) is 13.8 Å². The smallest absolute Gasteiger partial charge is 0.264 e. The molecule has 0 fully saturated rings. The Labute approximate surface area is 132 Å². The van der Waals surface area contributed by atoms with E-state index in [9.17, 15) is 14.4 Å². The lowest BCUT2D eigenvalue weighted by Crippen LogP contribution is -2.23. The Bertz CT molecular complexity index is 749. The van der Waals surface area contributed by atoms with Gasteiger partial charge in [-0.1, -0.05) is 18.2 Å². The van der Waals surface area contributed by atoms with Gasteiger partial charge in [-0.15, -0.1) is 0 Å². The van der Waals surface area contributed by atoms with Crippen molar-refractivity contribution in [2.75, 3.05) is 11.9 Å². The normalized spacial score (nSPS) is 10.2. The van der Waals surface area contributed by atoms with Gasteiger partial charge < -0.3 is 14.9 Å². The minimum Gasteiger partial charge on any atom is -0.484 e. The predicted molar refractivity (Wildman–Crippen MR) is 82.5 cm³/mol. The maximum Gasteiger partial charge on any atom is 0.264 e. The fourth-order valence-electron chi connectivity index (χ4n) is 2.12. The van der Waals surface area contributed by atoms with E-state index >= 15 is 0 Å². The molecule has 1 heterocycles. The van der Waals surface area contributed by atoms with E-state index in [1.54, 1.807) is 24.3 Å². The average molecular weight is 316 g/mol. The number of carbonyl (C=O) groups is 3. The minimum absolute atomic E-state index is 0.0665. The first-order valence-corrected chi connectivity index (χ1v) is 6.82. The van der Waals surface area contributed by atoms with E-state index in [1.807, 2.05) is 6.07 Å². The summed E-state index contributed by atoms with van der Waals surface area (Å²) in [5.74, 6) is -1.18. The molecule has 0 aliphatic heterocycles. The van der Waals surface area contributed by atoms with Gasteiger partial charge in [-0.3, -0.25) is 19.7 Å². The van der Waals surface area contributed by atoms with Crippen LogP contribution in [0.1, 0.15) is 33.4 Å². The number of carbonyl (C=O) groups excluding carboxylic acids is 3. The van der Waals surface area contributed by atoms with Gasteiger partial charge in [0.15, 0.2) is 12.4 Å². The van der Waals surface area contributed by atoms with Crippen LogP contribution in [0.4, 0.5) is 5.88 Å². The zero-order chi connectivity index (χ0) is 17.0. The van der Waals surface area contributed by atoms with Gasteiger partial charge in [0, 0.05) is 0 Å². The van der Waals surface area contributed by atoms with Crippen LogP contribution in [0.15, 0.2) is 34.7 Å². The van der Waals surface area contributed by atoms with Crippen molar-refractivity contribution in [3.05, 3.63) is 47.2 Å². The number of rotatable bonds is 6. The second-order valence-corrected chi connectivity index (χ2v) is 4.81. The fraction of sp³-hybridized carbons (Fsp3) is 0.188. The molecule has 0 aliphatic carbocycles. The minimum atomic E-state index is -0.855. The standard InChI is InChI=1S/C16H16N2O5/c1-9(19)13-10(2)23-16(14(13)15(17)21)18-12(20)8-22-11-6-4-3-5-7-11/h3-7H,8H2,1-2H3,(H2,17,21)(H,18,20). The van der Waals surface area contributed by atoms with Gasteiger partial charge in [0.05, 0.1) is 5.56 Å². The summed E-state index contributed by atoms with van der Waals surface area (Å²) < 4.78 is 10.6. The van der Waals surface area contributed by atoms with Crippen molar-refractivity contribution in [2.24, 2.45) is 5.73 Å². The Morgan fingerprint density at radius 1 is 1.17 bits per heavy atom. The van der Waals surface area contributed by atoms with Crippen molar-refractivity contribution in [3.8, 4) is 5.75 Å². The first-order valence-electron chi connectivity index (χ1n) is 6.82. The number of aryl methyl sites for hydroxylation is 1. The number of ketones is 1. The third kappa shape index (κ3) is 3.76. The quantitative estimate of drug-likeness (QED) is 0.791. The van der Waals surface area contributed by atoms with Crippen molar-refractivity contribution in [1.82, 2.24) is 0 Å². The molecular weight excluding hydrogens is 300 g/mol. The highest BCUT2D eigenvalue weighted by Crippen LogP contribution is 2.27. The topological polar surface area (TPSA) is 112 Å². The molecule has 0 saturated carbocycles. The monoisotopic (exact) mass is 316 g/mol. The summed E-state index contributed by atoms with van der Waals surface area (Å²) in [6.45, 7) is 2.52. The number of benzene rings is 1. The number of para-hydroxylation sites is 1. The van der Waals surface area contributed by atoms with Gasteiger partial charge in [-0.2, -0.15) is 0 Å². The number of anilines is 1. The molecule has 2 aromatic rings. The molecule has 2 amide bonds. The fourth-order valence-corrected chi connectivity index (χ4v) is 2.12. The van der Waals surface area contributed by atoms with Crippen LogP contribution in [0.25, 0.3) is 0 Å². The van der Waals surface area contributed by atoms with E-state index in [4.69, 9.17) is 14.9 Å². The van der Waals surface area contributed by atoms with E-state index in [-0.39, 0.29) is 35.2 Å². The number of nitrogens with two attached hydrogens (primary N) is 1. The highest BCUT2D eigenvalue weighted by Gasteiger charge is 2.26. The van der Waals surface area contributed by atoms with Crippen molar-refractivity contribution in [3.63, 3.8) is 0 Å². The Morgan fingerprint density at radius 3 is 2.39 bits per heavy atom. The SMILES string of the molecule is CC(=O)c1c(C)oc(NC(=O)COc2ccccc2)c1C(N)=O. The van der Waals surface area contributed by atoms with Gasteiger partial charge >= 0.3 is 0 Å². The number of nitrogens with one attached hydrogen (secondary N) is 1. The van der Waals surface area contributed by atoms with Gasteiger partial charge in [0.1, 0.15) is 17.1 Å². The first kappa shape index (κ1) is 16.3. The number of hydrogen-bond acceptors (Lipinski definition) is 5. The molecule has 7 nitrogen and oxygen atoms in total. The summed E-state index contributed by atoms with van der Waals surface area (Å²) in [5, 5.41) is 2.39. The van der Waals surface area contributed by atoms with Gasteiger partial charge in [-0.05, 0) is 26.0 Å². The molecule has 0 bridgehead atoms. The molecule has 0 atom stereocenters. The Hall–Kier alpha value is -3.09. The van der Waals surface area contributed by atoms with E-state index in [0.717, 1.165) is 0 Å². The maximum absolute atomic E-state index is 11.9. The molecule has 0 spiro atoms. The zero-order valence-electron chi connectivity index (χ0n) is 12.7. The van der Waals surface area contributed by atoms with Crippen LogP contribution in [0.5, 0.6) is 5.75 Å². The van der Waals surface area contributed by atoms with Crippen LogP contribution < -0.4 is 15.8 Å². The molecule has 7 heteroatoms. The number of primary amides is 1. The molecule has 0 radical (unpaired) electrons. The predicted octanol–water partition coefficient (Wildman–Crippen LogP) is 1.91. The van der Waals surface area contributed by atoms with E-state index < -0.39 is 11.8 Å². The third-order valence-electron chi connectivity index (χ3n) is 3.05. The van der Waals surface area contributed by atoms with Crippen LogP contribution >= 0.6 is 0 Å². The van der Waals surface area contributed by atoms with Gasteiger partial charge in [-0.25, -0.2) is 0 Å². The third-order valence-corrected chi connectivity index (χ3v) is 3.05. The highest BCUT2D eigenvalue weighted by atomic mass is 16.5. The van der Waals surface area contributed by atoms with Gasteiger partial charge in [0.2, 0.25) is 5.88 Å². The van der Waals surface area contributed by atoms with Crippen molar-refractivity contribution < 1.29 is 23.5 Å². The number of ether oxygens (including phenoxy) is 1. The summed E-state index contributed by atoms with van der Waals surface area (Å²) in [5.41, 5.74) is 5.20. The molecule has 3 N–H and O–H groups in total. The lowest BCUT2D eigenvalue weighted by Gasteiger charge is -2.06. The largest absolute Gasteiger partial charge is 0.484 e. The van der Waals surface area contributed by atoms with Crippen molar-refractivity contribution in [1.29, 1.82) is 0 Å².